The third-order valence-electron chi connectivity index (χ3n) is 6.13. The van der Waals surface area contributed by atoms with E-state index in [4.69, 9.17) is 16.3 Å². The zero-order valence-corrected chi connectivity index (χ0v) is 24.1. The normalized spacial score (nSPS) is 15.6. The summed E-state index contributed by atoms with van der Waals surface area (Å²) in [4.78, 5) is 42.3. The number of ether oxygens (including phenoxy) is 1. The highest BCUT2D eigenvalue weighted by molar-refractivity contribution is 9.10. The molecule has 0 aliphatic carbocycles. The van der Waals surface area contributed by atoms with E-state index in [1.54, 1.807) is 67.0 Å². The van der Waals surface area contributed by atoms with Crippen LogP contribution in [0.25, 0.3) is 0 Å². The molecule has 2 N–H and O–H groups in total. The minimum Gasteiger partial charge on any atom is -0.507 e. The van der Waals surface area contributed by atoms with E-state index in [0.717, 1.165) is 4.47 Å². The highest BCUT2D eigenvalue weighted by atomic mass is 79.9. The van der Waals surface area contributed by atoms with E-state index in [0.29, 0.717) is 21.8 Å². The molecule has 1 atom stereocenters. The Hall–Kier alpha value is -3.56. The van der Waals surface area contributed by atoms with E-state index in [2.05, 4.69) is 21.2 Å². The predicted octanol–water partition coefficient (Wildman–Crippen LogP) is 6.49. The Balaban J connectivity index is 1.57. The molecule has 0 aromatic heterocycles. The van der Waals surface area contributed by atoms with Crippen LogP contribution >= 0.6 is 27.5 Å². The third-order valence-corrected chi connectivity index (χ3v) is 6.97. The van der Waals surface area contributed by atoms with Gasteiger partial charge in [-0.15, -0.1) is 0 Å². The quantitative estimate of drug-likeness (QED) is 0.350. The SMILES string of the molecule is CC(C)(C)OC(=O)N1CCN(C(=O)c2ccc(NC(=O)c3cccc(Br)c3)cc2O)C(c2ccccc2Cl)C1. The summed E-state index contributed by atoms with van der Waals surface area (Å²) < 4.78 is 6.31. The van der Waals surface area contributed by atoms with Gasteiger partial charge in [-0.3, -0.25) is 9.59 Å². The number of carbonyl (C=O) groups excluding carboxylic acids is 3. The van der Waals surface area contributed by atoms with Crippen molar-refractivity contribution in [2.75, 3.05) is 25.0 Å². The molecule has 0 bridgehead atoms. The van der Waals surface area contributed by atoms with Gasteiger partial charge < -0.3 is 25.0 Å². The first-order valence-corrected chi connectivity index (χ1v) is 13.5. The minimum atomic E-state index is -0.663. The number of anilines is 1. The van der Waals surface area contributed by atoms with Gasteiger partial charge in [0, 0.05) is 46.4 Å². The Morgan fingerprint density at radius 2 is 1.77 bits per heavy atom. The van der Waals surface area contributed by atoms with Crippen LogP contribution in [0.1, 0.15) is 53.1 Å². The van der Waals surface area contributed by atoms with Gasteiger partial charge in [0.15, 0.2) is 0 Å². The number of hydrogen-bond acceptors (Lipinski definition) is 5. The van der Waals surface area contributed by atoms with Crippen LogP contribution in [-0.4, -0.2) is 58.0 Å². The summed E-state index contributed by atoms with van der Waals surface area (Å²) in [6.07, 6.45) is -0.472. The Kier molecular flexibility index (Phi) is 8.51. The summed E-state index contributed by atoms with van der Waals surface area (Å²) in [7, 11) is 0. The second-order valence-corrected chi connectivity index (χ2v) is 11.5. The number of phenolic OH excluding ortho intramolecular Hbond substituents is 1. The van der Waals surface area contributed by atoms with E-state index in [1.165, 1.54) is 12.1 Å². The number of phenols is 1. The number of halogens is 2. The number of rotatable bonds is 4. The molecule has 1 heterocycles. The fourth-order valence-electron chi connectivity index (χ4n) is 4.31. The molecular weight excluding hydrogens is 586 g/mol. The Morgan fingerprint density at radius 3 is 2.44 bits per heavy atom. The molecule has 1 fully saturated rings. The Bertz CT molecular complexity index is 1410. The maximum atomic E-state index is 13.7. The molecule has 39 heavy (non-hydrogen) atoms. The molecule has 3 aromatic carbocycles. The lowest BCUT2D eigenvalue weighted by molar-refractivity contribution is 0.00401. The summed E-state index contributed by atoms with van der Waals surface area (Å²) in [5.41, 5.74) is 0.862. The van der Waals surface area contributed by atoms with Crippen LogP contribution in [0.2, 0.25) is 5.02 Å². The summed E-state index contributed by atoms with van der Waals surface area (Å²) in [5.74, 6) is -1.06. The number of amides is 3. The molecule has 1 aliphatic heterocycles. The number of aromatic hydroxyl groups is 1. The van der Waals surface area contributed by atoms with Crippen LogP contribution in [-0.2, 0) is 4.74 Å². The Morgan fingerprint density at radius 1 is 1.03 bits per heavy atom. The summed E-state index contributed by atoms with van der Waals surface area (Å²) in [6.45, 7) is 6.02. The molecule has 1 saturated heterocycles. The molecular formula is C29H29BrClN3O5. The zero-order valence-electron chi connectivity index (χ0n) is 21.8. The van der Waals surface area contributed by atoms with E-state index < -0.39 is 23.6 Å². The summed E-state index contributed by atoms with van der Waals surface area (Å²) in [5, 5.41) is 14.0. The largest absolute Gasteiger partial charge is 0.507 e. The lowest BCUT2D eigenvalue weighted by atomic mass is 10.0. The van der Waals surface area contributed by atoms with Crippen molar-refractivity contribution in [2.45, 2.75) is 32.4 Å². The minimum absolute atomic E-state index is 0.0678. The summed E-state index contributed by atoms with van der Waals surface area (Å²) in [6, 6.07) is 17.9. The molecule has 3 amide bonds. The molecule has 0 spiro atoms. The van der Waals surface area contributed by atoms with Gasteiger partial charge in [0.1, 0.15) is 11.4 Å². The molecule has 8 nitrogen and oxygen atoms in total. The molecule has 204 valence electrons. The second kappa shape index (κ2) is 11.7. The third kappa shape index (κ3) is 6.91. The smallest absolute Gasteiger partial charge is 0.410 e. The van der Waals surface area contributed by atoms with Gasteiger partial charge in [-0.1, -0.05) is 51.8 Å². The highest BCUT2D eigenvalue weighted by Crippen LogP contribution is 2.34. The first kappa shape index (κ1) is 28.4. The van der Waals surface area contributed by atoms with Gasteiger partial charge in [-0.05, 0) is 62.7 Å². The van der Waals surface area contributed by atoms with Gasteiger partial charge in [0.05, 0.1) is 11.6 Å². The number of hydrogen-bond donors (Lipinski definition) is 2. The predicted molar refractivity (Wildman–Crippen MR) is 153 cm³/mol. The molecule has 0 radical (unpaired) electrons. The zero-order chi connectivity index (χ0) is 28.3. The van der Waals surface area contributed by atoms with Crippen LogP contribution in [0.4, 0.5) is 10.5 Å². The number of benzene rings is 3. The maximum absolute atomic E-state index is 13.7. The van der Waals surface area contributed by atoms with Crippen LogP contribution < -0.4 is 5.32 Å². The van der Waals surface area contributed by atoms with E-state index in [9.17, 15) is 19.5 Å². The fraction of sp³-hybridized carbons (Fsp3) is 0.276. The van der Waals surface area contributed by atoms with Crippen molar-refractivity contribution in [1.29, 1.82) is 0 Å². The Labute approximate surface area is 240 Å². The van der Waals surface area contributed by atoms with Gasteiger partial charge in [0.25, 0.3) is 11.8 Å². The molecule has 1 unspecified atom stereocenters. The van der Waals surface area contributed by atoms with Gasteiger partial charge in [-0.25, -0.2) is 4.79 Å². The van der Waals surface area contributed by atoms with Gasteiger partial charge in [0.2, 0.25) is 0 Å². The molecule has 4 rings (SSSR count). The second-order valence-electron chi connectivity index (χ2n) is 10.2. The van der Waals surface area contributed by atoms with Crippen molar-refractivity contribution in [3.63, 3.8) is 0 Å². The first-order chi connectivity index (χ1) is 18.4. The first-order valence-electron chi connectivity index (χ1n) is 12.4. The van der Waals surface area contributed by atoms with Crippen LogP contribution in [0.15, 0.2) is 71.2 Å². The van der Waals surface area contributed by atoms with E-state index in [-0.39, 0.29) is 36.9 Å². The molecule has 10 heteroatoms. The standard InChI is InChI=1S/C29H29BrClN3O5/c1-29(2,3)39-28(38)33-13-14-34(24(17-33)21-9-4-5-10-23(21)31)27(37)22-12-11-20(16-25(22)35)32-26(36)18-7-6-8-19(30)15-18/h4-12,15-16,24,35H,13-14,17H2,1-3H3,(H,32,36). The molecule has 0 saturated carbocycles. The van der Waals surface area contributed by atoms with Crippen LogP contribution in [0.3, 0.4) is 0 Å². The van der Waals surface area contributed by atoms with Crippen molar-refractivity contribution in [3.05, 3.63) is 92.9 Å². The van der Waals surface area contributed by atoms with Crippen LogP contribution in [0, 0.1) is 0 Å². The molecule has 1 aliphatic rings. The van der Waals surface area contributed by atoms with E-state index >= 15 is 0 Å². The number of piperazine rings is 1. The van der Waals surface area contributed by atoms with Gasteiger partial charge in [-0.2, -0.15) is 0 Å². The van der Waals surface area contributed by atoms with Crippen molar-refractivity contribution >= 4 is 51.1 Å². The van der Waals surface area contributed by atoms with Crippen molar-refractivity contribution in [1.82, 2.24) is 9.80 Å². The topological polar surface area (TPSA) is 99.2 Å². The monoisotopic (exact) mass is 613 g/mol. The molecule has 3 aromatic rings. The number of nitrogens with one attached hydrogen (secondary N) is 1. The fourth-order valence-corrected chi connectivity index (χ4v) is 4.97. The summed E-state index contributed by atoms with van der Waals surface area (Å²) >= 11 is 9.84. The maximum Gasteiger partial charge on any atom is 0.410 e. The van der Waals surface area contributed by atoms with Crippen LogP contribution in [0.5, 0.6) is 5.75 Å². The number of nitrogens with zero attached hydrogens (tertiary/aromatic N) is 2. The number of carbonyl (C=O) groups is 3. The van der Waals surface area contributed by atoms with Crippen molar-refractivity contribution in [3.8, 4) is 5.75 Å². The van der Waals surface area contributed by atoms with Crippen molar-refractivity contribution in [2.24, 2.45) is 0 Å². The lowest BCUT2D eigenvalue weighted by Gasteiger charge is -2.42. The van der Waals surface area contributed by atoms with Gasteiger partial charge >= 0.3 is 6.09 Å². The van der Waals surface area contributed by atoms with E-state index in [1.807, 2.05) is 18.2 Å². The lowest BCUT2D eigenvalue weighted by Crippen LogP contribution is -2.53. The average Bonchev–Trinajstić information content (AvgIpc) is 2.87. The highest BCUT2D eigenvalue weighted by Gasteiger charge is 2.37. The van der Waals surface area contributed by atoms with Crippen molar-refractivity contribution < 1.29 is 24.2 Å². The average molecular weight is 615 g/mol.